The van der Waals surface area contributed by atoms with Crippen molar-refractivity contribution in [1.29, 1.82) is 0 Å². The molecule has 40 heavy (non-hydrogen) atoms. The Morgan fingerprint density at radius 1 is 1.10 bits per heavy atom. The summed E-state index contributed by atoms with van der Waals surface area (Å²) in [5.41, 5.74) is 1.77. The molecule has 1 aromatic carbocycles. The fraction of sp³-hybridized carbons (Fsp3) is 0.586. The smallest absolute Gasteiger partial charge is 0.321 e. The van der Waals surface area contributed by atoms with Gasteiger partial charge in [0.25, 0.3) is 0 Å². The maximum absolute atomic E-state index is 13.3. The number of Topliss-reactive ketones (excluding diaryl/α,β-unsaturated/α-hetero) is 1. The maximum atomic E-state index is 13.3. The summed E-state index contributed by atoms with van der Waals surface area (Å²) in [6.45, 7) is 7.80. The van der Waals surface area contributed by atoms with Gasteiger partial charge in [0.1, 0.15) is 5.82 Å². The van der Waals surface area contributed by atoms with Gasteiger partial charge in [-0.3, -0.25) is 19.8 Å². The molecule has 2 aromatic rings. The van der Waals surface area contributed by atoms with E-state index >= 15 is 0 Å². The van der Waals surface area contributed by atoms with E-state index in [2.05, 4.69) is 25.4 Å². The molecule has 4 rings (SSSR count). The van der Waals surface area contributed by atoms with Crippen molar-refractivity contribution in [3.8, 4) is 0 Å². The summed E-state index contributed by atoms with van der Waals surface area (Å²) < 4.78 is 13.3. The first-order valence-electron chi connectivity index (χ1n) is 14.0. The number of likely N-dealkylation sites (tertiary alicyclic amines) is 2. The predicted octanol–water partition coefficient (Wildman–Crippen LogP) is 3.65. The molecule has 0 bridgehead atoms. The van der Waals surface area contributed by atoms with Gasteiger partial charge in [0.15, 0.2) is 10.9 Å². The Kier molecular flexibility index (Phi) is 10.3. The van der Waals surface area contributed by atoms with Crippen LogP contribution in [0.15, 0.2) is 24.3 Å². The van der Waals surface area contributed by atoms with E-state index in [0.29, 0.717) is 34.7 Å². The second-order valence-electron chi connectivity index (χ2n) is 11.4. The largest absolute Gasteiger partial charge is 0.348 e. The molecular formula is C29H41FN6O3S. The molecule has 218 valence electrons. The number of amides is 3. The van der Waals surface area contributed by atoms with E-state index < -0.39 is 0 Å². The summed E-state index contributed by atoms with van der Waals surface area (Å²) in [5.74, 6) is 0.495. The Labute approximate surface area is 240 Å². The third kappa shape index (κ3) is 8.31. The van der Waals surface area contributed by atoms with Crippen LogP contribution in [0.4, 0.5) is 14.3 Å². The molecule has 3 atom stereocenters. The highest BCUT2D eigenvalue weighted by Gasteiger charge is 2.34. The molecule has 1 unspecified atom stereocenters. The fourth-order valence-corrected chi connectivity index (χ4v) is 6.63. The van der Waals surface area contributed by atoms with Gasteiger partial charge in [-0.15, -0.1) is 0 Å². The number of nitrogens with zero attached hydrogens (tertiary/aromatic N) is 4. The van der Waals surface area contributed by atoms with Crippen LogP contribution in [0.5, 0.6) is 0 Å². The Hall–Kier alpha value is -2.89. The molecule has 2 fully saturated rings. The molecule has 2 saturated heterocycles. The number of benzene rings is 1. The molecule has 1 aromatic heterocycles. The lowest BCUT2D eigenvalue weighted by atomic mass is 9.87. The minimum absolute atomic E-state index is 0.0383. The Morgan fingerprint density at radius 2 is 1.85 bits per heavy atom. The van der Waals surface area contributed by atoms with Gasteiger partial charge in [-0.1, -0.05) is 23.5 Å². The number of thiazole rings is 1. The predicted molar refractivity (Wildman–Crippen MR) is 155 cm³/mol. The molecule has 9 nitrogen and oxygen atoms in total. The molecule has 2 N–H and O–H groups in total. The number of rotatable bonds is 9. The first-order valence-corrected chi connectivity index (χ1v) is 14.8. The van der Waals surface area contributed by atoms with E-state index in [1.807, 2.05) is 12.1 Å². The lowest BCUT2D eigenvalue weighted by molar-refractivity contribution is -0.130. The summed E-state index contributed by atoms with van der Waals surface area (Å²) in [6.07, 6.45) is 4.07. The van der Waals surface area contributed by atoms with E-state index in [9.17, 15) is 18.8 Å². The second-order valence-corrected chi connectivity index (χ2v) is 12.4. The van der Waals surface area contributed by atoms with Crippen LogP contribution in [0.2, 0.25) is 0 Å². The average Bonchev–Trinajstić information content (AvgIpc) is 3.27. The number of hydrogen-bond acceptors (Lipinski definition) is 7. The number of carbonyl (C=O) groups is 3. The normalized spacial score (nSPS) is 22.1. The zero-order chi connectivity index (χ0) is 28.8. The standard InChI is InChI=1S/C29H41FN6O3S/c1-19-27(20(2)37)40-29(31-19)33-28(39)32-25-17-36(18-26(38)34(3)4)13-11-23(25)16-35-12-5-6-22(15-35)14-21-7-9-24(30)10-8-21/h7-10,22-23,25H,5-6,11-18H2,1-4H3,(H2,31,32,33,39)/t22?,23-,25-/m0/s1. The number of halogens is 1. The van der Waals surface area contributed by atoms with Gasteiger partial charge in [0.2, 0.25) is 5.91 Å². The lowest BCUT2D eigenvalue weighted by Crippen LogP contribution is -2.57. The molecule has 11 heteroatoms. The summed E-state index contributed by atoms with van der Waals surface area (Å²) in [5, 5.41) is 6.36. The summed E-state index contributed by atoms with van der Waals surface area (Å²) in [7, 11) is 3.50. The number of anilines is 1. The molecule has 3 heterocycles. The highest BCUT2D eigenvalue weighted by molar-refractivity contribution is 7.17. The van der Waals surface area contributed by atoms with Gasteiger partial charge < -0.3 is 15.1 Å². The second kappa shape index (κ2) is 13.6. The first-order chi connectivity index (χ1) is 19.1. The highest BCUT2D eigenvalue weighted by Crippen LogP contribution is 2.26. The van der Waals surface area contributed by atoms with E-state index in [0.717, 1.165) is 57.4 Å². The quantitative estimate of drug-likeness (QED) is 0.446. The summed E-state index contributed by atoms with van der Waals surface area (Å²) in [6, 6.07) is 6.31. The zero-order valence-electron chi connectivity index (χ0n) is 23.9. The number of aryl methyl sites for hydroxylation is 1. The molecule has 0 aliphatic carbocycles. The number of aromatic nitrogens is 1. The van der Waals surface area contributed by atoms with Gasteiger partial charge in [-0.05, 0) is 75.2 Å². The molecule has 3 amide bonds. The van der Waals surface area contributed by atoms with Crippen molar-refractivity contribution in [2.45, 2.75) is 45.6 Å². The molecule has 0 spiro atoms. The fourth-order valence-electron chi connectivity index (χ4n) is 5.77. The minimum atomic E-state index is -0.354. The van der Waals surface area contributed by atoms with Crippen LogP contribution in [0, 0.1) is 24.6 Å². The number of urea groups is 1. The van der Waals surface area contributed by atoms with E-state index in [-0.39, 0.29) is 35.5 Å². The molecular weight excluding hydrogens is 531 g/mol. The number of ketones is 1. The van der Waals surface area contributed by atoms with Crippen LogP contribution >= 0.6 is 11.3 Å². The van der Waals surface area contributed by atoms with Gasteiger partial charge in [0.05, 0.1) is 17.1 Å². The van der Waals surface area contributed by atoms with Crippen LogP contribution in [-0.4, -0.2) is 96.8 Å². The van der Waals surface area contributed by atoms with Gasteiger partial charge in [-0.25, -0.2) is 14.2 Å². The van der Waals surface area contributed by atoms with Crippen molar-refractivity contribution in [3.63, 3.8) is 0 Å². The number of carbonyl (C=O) groups excluding carboxylic acids is 3. The number of likely N-dealkylation sites (N-methyl/N-ethyl adjacent to an activating group) is 1. The minimum Gasteiger partial charge on any atom is -0.348 e. The van der Waals surface area contributed by atoms with Crippen LogP contribution in [0.25, 0.3) is 0 Å². The zero-order valence-corrected chi connectivity index (χ0v) is 24.7. The Bertz CT molecular complexity index is 1190. The van der Waals surface area contributed by atoms with Gasteiger partial charge >= 0.3 is 6.03 Å². The molecule has 2 aliphatic rings. The summed E-state index contributed by atoms with van der Waals surface area (Å²) >= 11 is 1.18. The van der Waals surface area contributed by atoms with Crippen molar-refractivity contribution >= 4 is 34.2 Å². The number of hydrogen-bond donors (Lipinski definition) is 2. The van der Waals surface area contributed by atoms with Gasteiger partial charge in [-0.2, -0.15) is 0 Å². The Morgan fingerprint density at radius 3 is 2.52 bits per heavy atom. The van der Waals surface area contributed by atoms with Crippen LogP contribution in [0.1, 0.15) is 47.1 Å². The van der Waals surface area contributed by atoms with Crippen molar-refractivity contribution in [3.05, 3.63) is 46.2 Å². The maximum Gasteiger partial charge on any atom is 0.321 e. The molecule has 0 saturated carbocycles. The van der Waals surface area contributed by atoms with Crippen LogP contribution in [0.3, 0.4) is 0 Å². The average molecular weight is 573 g/mol. The van der Waals surface area contributed by atoms with Crippen molar-refractivity contribution in [2.24, 2.45) is 11.8 Å². The highest BCUT2D eigenvalue weighted by atomic mass is 32.1. The van der Waals surface area contributed by atoms with E-state index in [1.165, 1.54) is 30.4 Å². The lowest BCUT2D eigenvalue weighted by Gasteiger charge is -2.42. The number of nitrogens with one attached hydrogen (secondary N) is 2. The van der Waals surface area contributed by atoms with Gasteiger partial charge in [0, 0.05) is 46.7 Å². The van der Waals surface area contributed by atoms with E-state index in [1.54, 1.807) is 25.9 Å². The monoisotopic (exact) mass is 572 g/mol. The Balaban J connectivity index is 1.40. The third-order valence-electron chi connectivity index (χ3n) is 7.88. The van der Waals surface area contributed by atoms with Crippen molar-refractivity contribution in [1.82, 2.24) is 25.0 Å². The SMILES string of the molecule is CC(=O)c1sc(NC(=O)N[C@H]2CN(CC(=O)N(C)C)CC[C@H]2CN2CCCC(Cc3ccc(F)cc3)C2)nc1C. The van der Waals surface area contributed by atoms with E-state index in [4.69, 9.17) is 0 Å². The number of piperidine rings is 2. The topological polar surface area (TPSA) is 97.9 Å². The summed E-state index contributed by atoms with van der Waals surface area (Å²) in [4.78, 5) is 48.3. The third-order valence-corrected chi connectivity index (χ3v) is 9.06. The molecule has 0 radical (unpaired) electrons. The van der Waals surface area contributed by atoms with Crippen molar-refractivity contribution < 1.29 is 18.8 Å². The van der Waals surface area contributed by atoms with Crippen LogP contribution < -0.4 is 10.6 Å². The van der Waals surface area contributed by atoms with Crippen molar-refractivity contribution in [2.75, 3.05) is 58.7 Å². The first kappa shape index (κ1) is 30.1. The molecule has 2 aliphatic heterocycles. The van der Waals surface area contributed by atoms with Crippen LogP contribution in [-0.2, 0) is 11.2 Å².